The van der Waals surface area contributed by atoms with Crippen molar-refractivity contribution in [3.05, 3.63) is 59.8 Å². The number of H-pyrrole nitrogens is 1. The van der Waals surface area contributed by atoms with Crippen molar-refractivity contribution in [2.45, 2.75) is 25.4 Å². The second-order valence-corrected chi connectivity index (χ2v) is 7.62. The van der Waals surface area contributed by atoms with Gasteiger partial charge >= 0.3 is 0 Å². The Morgan fingerprint density at radius 2 is 2.07 bits per heavy atom. The lowest BCUT2D eigenvalue weighted by atomic mass is 10.1. The maximum atomic E-state index is 12.5. The smallest absolute Gasteiger partial charge is 0.272 e. The maximum absolute atomic E-state index is 12.5. The zero-order valence-corrected chi connectivity index (χ0v) is 17.3. The van der Waals surface area contributed by atoms with E-state index < -0.39 is 0 Å². The van der Waals surface area contributed by atoms with Crippen LogP contribution < -0.4 is 10.1 Å². The number of nitrogens with one attached hydrogen (secondary N) is 2. The predicted octanol–water partition coefficient (Wildman–Crippen LogP) is 2.98. The summed E-state index contributed by atoms with van der Waals surface area (Å²) in [6.07, 6.45) is 2.16. The number of fused-ring (bicyclic) bond motifs is 1. The van der Waals surface area contributed by atoms with E-state index in [-0.39, 0.29) is 5.91 Å². The van der Waals surface area contributed by atoms with Gasteiger partial charge in [-0.2, -0.15) is 5.10 Å². The Balaban J connectivity index is 1.27. The molecule has 3 aromatic rings. The fourth-order valence-electron chi connectivity index (χ4n) is 3.76. The van der Waals surface area contributed by atoms with Gasteiger partial charge in [0.25, 0.3) is 5.91 Å². The van der Waals surface area contributed by atoms with Crippen molar-refractivity contribution >= 4 is 16.8 Å². The lowest BCUT2D eigenvalue weighted by molar-refractivity contribution is 0.0392. The van der Waals surface area contributed by atoms with Gasteiger partial charge in [-0.3, -0.25) is 14.8 Å². The van der Waals surface area contributed by atoms with Gasteiger partial charge in [0.1, 0.15) is 12.4 Å². The van der Waals surface area contributed by atoms with Crippen molar-refractivity contribution in [1.82, 2.24) is 20.4 Å². The van der Waals surface area contributed by atoms with E-state index in [1.807, 2.05) is 48.5 Å². The molecule has 1 amide bonds. The fourth-order valence-corrected chi connectivity index (χ4v) is 3.76. The molecule has 1 aliphatic heterocycles. The second-order valence-electron chi connectivity index (χ2n) is 7.62. The van der Waals surface area contributed by atoms with E-state index in [4.69, 9.17) is 9.47 Å². The Morgan fingerprint density at radius 1 is 1.23 bits per heavy atom. The number of carbonyl (C=O) groups excluding carboxylic acids is 1. The van der Waals surface area contributed by atoms with E-state index in [0.717, 1.165) is 54.8 Å². The minimum atomic E-state index is -0.197. The van der Waals surface area contributed by atoms with Gasteiger partial charge in [-0.05, 0) is 43.7 Å². The number of hydrogen-bond donors (Lipinski definition) is 2. The van der Waals surface area contributed by atoms with Crippen LogP contribution in [0.1, 0.15) is 28.9 Å². The molecule has 4 rings (SSSR count). The average molecular weight is 409 g/mol. The molecule has 0 saturated carbocycles. The number of ether oxygens (including phenoxy) is 2. The Labute approximate surface area is 176 Å². The summed E-state index contributed by atoms with van der Waals surface area (Å²) in [7, 11) is 2.14. The minimum absolute atomic E-state index is 0.197. The van der Waals surface area contributed by atoms with Gasteiger partial charge in [-0.15, -0.1) is 0 Å². The van der Waals surface area contributed by atoms with E-state index in [2.05, 4.69) is 27.5 Å². The third-order valence-electron chi connectivity index (χ3n) is 5.56. The van der Waals surface area contributed by atoms with Crippen LogP contribution in [0.25, 0.3) is 10.9 Å². The number of carbonyl (C=O) groups is 1. The zero-order valence-electron chi connectivity index (χ0n) is 17.3. The molecule has 1 fully saturated rings. The van der Waals surface area contributed by atoms with Gasteiger partial charge < -0.3 is 14.8 Å². The first-order valence-electron chi connectivity index (χ1n) is 10.4. The van der Waals surface area contributed by atoms with Crippen LogP contribution in [0.3, 0.4) is 0 Å². The summed E-state index contributed by atoms with van der Waals surface area (Å²) < 4.78 is 11.4. The lowest BCUT2D eigenvalue weighted by Gasteiger charge is -2.31. The molecule has 0 bridgehead atoms. The third kappa shape index (κ3) is 4.98. The number of benzene rings is 2. The molecule has 0 aliphatic carbocycles. The Bertz CT molecular complexity index is 981. The fraction of sp³-hybridized carbons (Fsp3) is 0.391. The molecule has 1 aromatic heterocycles. The van der Waals surface area contributed by atoms with Crippen LogP contribution in [-0.4, -0.2) is 60.5 Å². The normalized spacial score (nSPS) is 14.9. The number of aromatic amines is 1. The summed E-state index contributed by atoms with van der Waals surface area (Å²) in [5.74, 6) is 0.615. The maximum Gasteiger partial charge on any atom is 0.272 e. The molecule has 30 heavy (non-hydrogen) atoms. The highest BCUT2D eigenvalue weighted by Crippen LogP contribution is 2.17. The third-order valence-corrected chi connectivity index (χ3v) is 5.56. The van der Waals surface area contributed by atoms with Crippen LogP contribution in [0.15, 0.2) is 48.5 Å². The molecule has 1 aliphatic rings. The molecule has 158 valence electrons. The molecular formula is C23H28N4O3. The van der Waals surface area contributed by atoms with Gasteiger partial charge in [-0.25, -0.2) is 0 Å². The Morgan fingerprint density at radius 3 is 2.93 bits per heavy atom. The average Bonchev–Trinajstić information content (AvgIpc) is 3.23. The highest BCUT2D eigenvalue weighted by molar-refractivity contribution is 6.04. The highest BCUT2D eigenvalue weighted by Gasteiger charge is 2.18. The first-order valence-corrected chi connectivity index (χ1v) is 10.4. The molecule has 2 N–H and O–H groups in total. The van der Waals surface area contributed by atoms with E-state index in [1.165, 1.54) is 0 Å². The molecule has 1 saturated heterocycles. The van der Waals surface area contributed by atoms with Gasteiger partial charge in [0.15, 0.2) is 5.69 Å². The number of likely N-dealkylation sites (N-methyl/N-ethyl adjacent to an activating group) is 1. The first-order chi connectivity index (χ1) is 14.7. The monoisotopic (exact) mass is 408 g/mol. The van der Waals surface area contributed by atoms with Crippen molar-refractivity contribution in [3.63, 3.8) is 0 Å². The molecule has 7 heteroatoms. The summed E-state index contributed by atoms with van der Waals surface area (Å²) in [6, 6.07) is 16.0. The van der Waals surface area contributed by atoms with Crippen molar-refractivity contribution in [2.24, 2.45) is 0 Å². The quantitative estimate of drug-likeness (QED) is 0.599. The molecular weight excluding hydrogens is 380 g/mol. The van der Waals surface area contributed by atoms with Gasteiger partial charge in [0.2, 0.25) is 0 Å². The number of nitrogens with zero attached hydrogens (tertiary/aromatic N) is 2. The lowest BCUT2D eigenvalue weighted by Crippen LogP contribution is -2.38. The summed E-state index contributed by atoms with van der Waals surface area (Å²) >= 11 is 0. The summed E-state index contributed by atoms with van der Waals surface area (Å²) in [5, 5.41) is 10.8. The van der Waals surface area contributed by atoms with Crippen molar-refractivity contribution in [1.29, 1.82) is 0 Å². The van der Waals surface area contributed by atoms with Crippen molar-refractivity contribution < 1.29 is 14.3 Å². The number of rotatable bonds is 8. The Hall–Kier alpha value is -2.90. The summed E-state index contributed by atoms with van der Waals surface area (Å²) in [6.45, 7) is 3.61. The first kappa shape index (κ1) is 20.4. The van der Waals surface area contributed by atoms with E-state index in [0.29, 0.717) is 24.9 Å². The Kier molecular flexibility index (Phi) is 6.61. The topological polar surface area (TPSA) is 79.5 Å². The highest BCUT2D eigenvalue weighted by atomic mass is 16.5. The van der Waals surface area contributed by atoms with Crippen molar-refractivity contribution in [3.8, 4) is 5.75 Å². The van der Waals surface area contributed by atoms with Gasteiger partial charge in [0, 0.05) is 37.7 Å². The number of aromatic nitrogens is 2. The van der Waals surface area contributed by atoms with Crippen LogP contribution in [0.4, 0.5) is 0 Å². The molecule has 7 nitrogen and oxygen atoms in total. The van der Waals surface area contributed by atoms with Gasteiger partial charge in [0.05, 0.1) is 5.52 Å². The zero-order chi connectivity index (χ0) is 20.8. The van der Waals surface area contributed by atoms with Crippen molar-refractivity contribution in [2.75, 3.05) is 33.4 Å². The molecule has 0 atom stereocenters. The summed E-state index contributed by atoms with van der Waals surface area (Å²) in [4.78, 5) is 14.9. The largest absolute Gasteiger partial charge is 0.492 e. The van der Waals surface area contributed by atoms with Crippen LogP contribution in [0.5, 0.6) is 5.75 Å². The molecule has 0 spiro atoms. The molecule has 2 heterocycles. The van der Waals surface area contributed by atoms with Crippen LogP contribution in [-0.2, 0) is 11.3 Å². The molecule has 2 aromatic carbocycles. The van der Waals surface area contributed by atoms with Crippen LogP contribution in [0, 0.1) is 0 Å². The SMILES string of the molecule is CN(CCOc1cccc(CNC(=O)c2n[nH]c3ccccc23)c1)C1CCOCC1. The van der Waals surface area contributed by atoms with E-state index in [1.54, 1.807) is 0 Å². The van der Waals surface area contributed by atoms with E-state index >= 15 is 0 Å². The minimum Gasteiger partial charge on any atom is -0.492 e. The van der Waals surface area contributed by atoms with E-state index in [9.17, 15) is 4.79 Å². The summed E-state index contributed by atoms with van der Waals surface area (Å²) in [5.41, 5.74) is 2.25. The van der Waals surface area contributed by atoms with Gasteiger partial charge in [-0.1, -0.05) is 30.3 Å². The molecule has 0 radical (unpaired) electrons. The number of amides is 1. The predicted molar refractivity (Wildman–Crippen MR) is 116 cm³/mol. The number of para-hydroxylation sites is 1. The second kappa shape index (κ2) is 9.73. The van der Waals surface area contributed by atoms with Crippen LogP contribution >= 0.6 is 0 Å². The standard InChI is InChI=1S/C23H28N4O3/c1-27(18-9-12-29-13-10-18)11-14-30-19-6-4-5-17(15-19)16-24-23(28)22-20-7-2-3-8-21(20)25-26-22/h2-8,15,18H,9-14,16H2,1H3,(H,24,28)(H,25,26). The molecule has 0 unspecified atom stereocenters. The number of hydrogen-bond acceptors (Lipinski definition) is 5. The van der Waals surface area contributed by atoms with Crippen LogP contribution in [0.2, 0.25) is 0 Å².